The van der Waals surface area contributed by atoms with Crippen LogP contribution in [0.25, 0.3) is 0 Å². The number of likely N-dealkylation sites (tertiary alicyclic amines) is 1. The summed E-state index contributed by atoms with van der Waals surface area (Å²) in [4.78, 5) is 27.8. The van der Waals surface area contributed by atoms with Crippen molar-refractivity contribution in [1.82, 2.24) is 10.2 Å². The van der Waals surface area contributed by atoms with E-state index in [0.717, 1.165) is 5.56 Å². The monoisotopic (exact) mass is 448 g/mol. The van der Waals surface area contributed by atoms with Crippen molar-refractivity contribution in [2.75, 3.05) is 20.8 Å². The molecule has 2 aromatic rings. The molecule has 0 bridgehead atoms. The van der Waals surface area contributed by atoms with E-state index in [-0.39, 0.29) is 23.7 Å². The van der Waals surface area contributed by atoms with Crippen molar-refractivity contribution in [3.63, 3.8) is 0 Å². The Hall–Kier alpha value is -2.64. The summed E-state index contributed by atoms with van der Waals surface area (Å²) in [5, 5.41) is 3.37. The molecule has 1 heterocycles. The van der Waals surface area contributed by atoms with Crippen LogP contribution in [0, 0.1) is 5.82 Å². The third-order valence-corrected chi connectivity index (χ3v) is 5.72. The molecule has 3 rings (SSSR count). The maximum absolute atomic E-state index is 13.2. The molecular weight excluding hydrogens is 423 g/mol. The number of nitrogens with zero attached hydrogens (tertiary/aromatic N) is 1. The number of nitrogens with one attached hydrogen (secondary N) is 1. The van der Waals surface area contributed by atoms with E-state index in [0.29, 0.717) is 35.7 Å². The van der Waals surface area contributed by atoms with Crippen molar-refractivity contribution in [2.24, 2.45) is 0 Å². The van der Waals surface area contributed by atoms with Crippen molar-refractivity contribution in [3.05, 3.63) is 64.4 Å². The summed E-state index contributed by atoms with van der Waals surface area (Å²) in [6.07, 6.45) is 0.817. The van der Waals surface area contributed by atoms with Crippen LogP contribution in [0.5, 0.6) is 5.75 Å². The zero-order chi connectivity index (χ0) is 22.5. The second kappa shape index (κ2) is 10.1. The molecule has 1 aliphatic heterocycles. The number of rotatable bonds is 7. The maximum atomic E-state index is 13.2. The fourth-order valence-corrected chi connectivity index (χ4v) is 4.13. The number of amides is 2. The molecule has 0 spiro atoms. The van der Waals surface area contributed by atoms with Crippen molar-refractivity contribution >= 4 is 23.4 Å². The van der Waals surface area contributed by atoms with E-state index in [1.165, 1.54) is 26.4 Å². The highest BCUT2D eigenvalue weighted by Gasteiger charge is 2.36. The van der Waals surface area contributed by atoms with Gasteiger partial charge in [-0.15, -0.1) is 0 Å². The second-order valence-electron chi connectivity index (χ2n) is 7.51. The predicted octanol–water partition coefficient (Wildman–Crippen LogP) is 3.98. The van der Waals surface area contributed by atoms with Gasteiger partial charge in [-0.05, 0) is 55.7 Å². The zero-order valence-corrected chi connectivity index (χ0v) is 18.5. The van der Waals surface area contributed by atoms with Gasteiger partial charge in [0.2, 0.25) is 5.91 Å². The van der Waals surface area contributed by atoms with Gasteiger partial charge in [-0.25, -0.2) is 4.39 Å². The van der Waals surface area contributed by atoms with Crippen molar-refractivity contribution in [1.29, 1.82) is 0 Å². The van der Waals surface area contributed by atoms with E-state index >= 15 is 0 Å². The molecule has 1 aliphatic rings. The van der Waals surface area contributed by atoms with Crippen LogP contribution in [0.3, 0.4) is 0 Å². The minimum atomic E-state index is -0.607. The molecule has 1 N–H and O–H groups in total. The number of ether oxygens (including phenoxy) is 2. The summed E-state index contributed by atoms with van der Waals surface area (Å²) in [6, 6.07) is 9.80. The molecule has 1 saturated heterocycles. The lowest BCUT2D eigenvalue weighted by Gasteiger charge is -2.29. The maximum Gasteiger partial charge on any atom is 0.258 e. The number of halogens is 2. The molecule has 0 radical (unpaired) electrons. The normalized spacial score (nSPS) is 17.8. The number of hydrogen-bond acceptors (Lipinski definition) is 4. The van der Waals surface area contributed by atoms with E-state index in [4.69, 9.17) is 21.1 Å². The highest BCUT2D eigenvalue weighted by atomic mass is 35.5. The first-order valence-electron chi connectivity index (χ1n) is 10.1. The average molecular weight is 449 g/mol. The Morgan fingerprint density at radius 3 is 2.55 bits per heavy atom. The Labute approximate surface area is 186 Å². The molecule has 31 heavy (non-hydrogen) atoms. The highest BCUT2D eigenvalue weighted by Crippen LogP contribution is 2.28. The minimum Gasteiger partial charge on any atom is -0.496 e. The molecule has 0 unspecified atom stereocenters. The van der Waals surface area contributed by atoms with Crippen LogP contribution in [0.1, 0.15) is 41.8 Å². The largest absolute Gasteiger partial charge is 0.496 e. The second-order valence-corrected chi connectivity index (χ2v) is 7.94. The van der Waals surface area contributed by atoms with Gasteiger partial charge in [0.25, 0.3) is 5.91 Å². The van der Waals surface area contributed by atoms with Gasteiger partial charge in [-0.2, -0.15) is 0 Å². The molecule has 8 heteroatoms. The predicted molar refractivity (Wildman–Crippen MR) is 116 cm³/mol. The summed E-state index contributed by atoms with van der Waals surface area (Å²) in [5.74, 6) is -0.494. The topological polar surface area (TPSA) is 67.9 Å². The van der Waals surface area contributed by atoms with Crippen LogP contribution in [0.4, 0.5) is 4.39 Å². The lowest BCUT2D eigenvalue weighted by atomic mass is 10.0. The molecule has 0 aliphatic carbocycles. The number of carbonyl (C=O) groups is 2. The number of hydrogen-bond donors (Lipinski definition) is 1. The van der Waals surface area contributed by atoms with Crippen molar-refractivity contribution in [2.45, 2.75) is 38.0 Å². The van der Waals surface area contributed by atoms with Crippen molar-refractivity contribution in [3.8, 4) is 5.75 Å². The fourth-order valence-electron chi connectivity index (χ4n) is 3.96. The van der Waals surface area contributed by atoms with Gasteiger partial charge in [0.1, 0.15) is 23.7 Å². The van der Waals surface area contributed by atoms with E-state index < -0.39 is 12.1 Å². The third-order valence-electron chi connectivity index (χ3n) is 5.48. The van der Waals surface area contributed by atoms with E-state index in [1.54, 1.807) is 35.2 Å². The Balaban J connectivity index is 1.74. The first-order chi connectivity index (χ1) is 14.8. The van der Waals surface area contributed by atoms with Gasteiger partial charge in [0, 0.05) is 18.7 Å². The summed E-state index contributed by atoms with van der Waals surface area (Å²) in [7, 11) is 3.02. The number of methoxy groups -OCH3 is 2. The van der Waals surface area contributed by atoms with E-state index in [9.17, 15) is 14.0 Å². The van der Waals surface area contributed by atoms with Gasteiger partial charge in [-0.3, -0.25) is 9.59 Å². The molecule has 2 amide bonds. The Morgan fingerprint density at radius 1 is 1.19 bits per heavy atom. The van der Waals surface area contributed by atoms with Crippen LogP contribution in [-0.4, -0.2) is 49.6 Å². The summed E-state index contributed by atoms with van der Waals surface area (Å²) in [5.41, 5.74) is 1.07. The molecule has 1 fully saturated rings. The first kappa shape index (κ1) is 23.0. The summed E-state index contributed by atoms with van der Waals surface area (Å²) in [6.45, 7) is 2.28. The quantitative estimate of drug-likeness (QED) is 0.695. The minimum absolute atomic E-state index is 0.261. The number of carbonyl (C=O) groups excluding carboxylic acids is 2. The molecule has 166 valence electrons. The van der Waals surface area contributed by atoms with Gasteiger partial charge >= 0.3 is 0 Å². The molecule has 0 aromatic heterocycles. The molecule has 6 nitrogen and oxygen atoms in total. The summed E-state index contributed by atoms with van der Waals surface area (Å²) < 4.78 is 24.1. The molecule has 2 aromatic carbocycles. The zero-order valence-electron chi connectivity index (χ0n) is 17.7. The van der Waals surface area contributed by atoms with Gasteiger partial charge in [-0.1, -0.05) is 23.7 Å². The lowest BCUT2D eigenvalue weighted by Crippen LogP contribution is -2.49. The third kappa shape index (κ3) is 5.17. The molecule has 3 atom stereocenters. The van der Waals surface area contributed by atoms with Crippen LogP contribution < -0.4 is 10.1 Å². The highest BCUT2D eigenvalue weighted by molar-refractivity contribution is 6.31. The van der Waals surface area contributed by atoms with E-state index in [1.807, 2.05) is 6.92 Å². The Kier molecular flexibility index (Phi) is 7.51. The smallest absolute Gasteiger partial charge is 0.258 e. The van der Waals surface area contributed by atoms with E-state index in [2.05, 4.69) is 5.32 Å². The Bertz CT molecular complexity index is 938. The van der Waals surface area contributed by atoms with Gasteiger partial charge < -0.3 is 19.7 Å². The van der Waals surface area contributed by atoms with Crippen LogP contribution in [-0.2, 0) is 9.53 Å². The SMILES string of the molecule is COc1ccc(Cl)cc1C(=O)N1CCC[C@@H]1C(=O)N[C@H](C)[C@H](OC)c1ccc(F)cc1. The van der Waals surface area contributed by atoms with Crippen LogP contribution in [0.15, 0.2) is 42.5 Å². The average Bonchev–Trinajstić information content (AvgIpc) is 3.25. The lowest BCUT2D eigenvalue weighted by molar-refractivity contribution is -0.126. The first-order valence-corrected chi connectivity index (χ1v) is 10.5. The van der Waals surface area contributed by atoms with Crippen molar-refractivity contribution < 1.29 is 23.5 Å². The number of benzene rings is 2. The fraction of sp³-hybridized carbons (Fsp3) is 0.391. The summed E-state index contributed by atoms with van der Waals surface area (Å²) >= 11 is 6.07. The van der Waals surface area contributed by atoms with Gasteiger partial charge in [0.15, 0.2) is 0 Å². The standard InChI is InChI=1S/C23H26ClFN2O4/c1-14(21(31-3)15-6-9-17(25)10-7-15)26-22(28)19-5-4-12-27(19)23(29)18-13-16(24)8-11-20(18)30-2/h6-11,13-14,19,21H,4-5,12H2,1-3H3,(H,26,28)/t14-,19-,21+/m1/s1. The Morgan fingerprint density at radius 2 is 1.90 bits per heavy atom. The molecule has 0 saturated carbocycles. The van der Waals surface area contributed by atoms with Gasteiger partial charge in [0.05, 0.1) is 18.7 Å². The van der Waals surface area contributed by atoms with Crippen LogP contribution in [0.2, 0.25) is 5.02 Å². The van der Waals surface area contributed by atoms with Crippen LogP contribution >= 0.6 is 11.6 Å². The molecular formula is C23H26ClFN2O4.